The van der Waals surface area contributed by atoms with Gasteiger partial charge in [-0.15, -0.1) is 0 Å². The van der Waals surface area contributed by atoms with Gasteiger partial charge in [-0.25, -0.2) is 9.18 Å². The van der Waals surface area contributed by atoms with Gasteiger partial charge in [0.25, 0.3) is 5.91 Å². The number of amides is 3. The Bertz CT molecular complexity index is 1090. The van der Waals surface area contributed by atoms with E-state index in [0.29, 0.717) is 34.0 Å². The lowest BCUT2D eigenvalue weighted by atomic mass is 10.00. The highest BCUT2D eigenvalue weighted by molar-refractivity contribution is 6.06. The number of furan rings is 1. The molecule has 2 aromatic carbocycles. The Labute approximate surface area is 166 Å². The Balaban J connectivity index is 1.65. The van der Waals surface area contributed by atoms with Crippen LogP contribution in [-0.2, 0) is 4.79 Å². The number of carbonyl (C=O) groups is 2. The number of halogens is 1. The molecule has 3 aromatic rings. The van der Waals surface area contributed by atoms with Crippen molar-refractivity contribution >= 4 is 17.6 Å². The molecular weight excluding hydrogens is 373 g/mol. The minimum absolute atomic E-state index is 0.341. The lowest BCUT2D eigenvalue weighted by Crippen LogP contribution is -2.45. The van der Waals surface area contributed by atoms with E-state index in [4.69, 9.17) is 4.42 Å². The largest absolute Gasteiger partial charge is 0.459 e. The molecule has 7 heteroatoms. The smallest absolute Gasteiger partial charge is 0.319 e. The zero-order chi connectivity index (χ0) is 20.4. The number of anilines is 1. The summed E-state index contributed by atoms with van der Waals surface area (Å²) in [5.41, 5.74) is 2.11. The van der Waals surface area contributed by atoms with E-state index in [-0.39, 0.29) is 11.7 Å². The molecule has 2 heterocycles. The number of nitrogens with one attached hydrogen (secondary N) is 3. The van der Waals surface area contributed by atoms with Crippen molar-refractivity contribution in [3.05, 3.63) is 89.6 Å². The third-order valence-corrected chi connectivity index (χ3v) is 4.59. The molecule has 3 N–H and O–H groups in total. The van der Waals surface area contributed by atoms with E-state index in [1.165, 1.54) is 12.1 Å². The number of hydrogen-bond acceptors (Lipinski definition) is 3. The van der Waals surface area contributed by atoms with Crippen molar-refractivity contribution in [2.45, 2.75) is 13.0 Å². The molecule has 1 atom stereocenters. The number of rotatable bonds is 4. The number of para-hydroxylation sites is 1. The Morgan fingerprint density at radius 1 is 1.03 bits per heavy atom. The third kappa shape index (κ3) is 3.89. The van der Waals surface area contributed by atoms with Crippen LogP contribution in [0.25, 0.3) is 11.3 Å². The topological polar surface area (TPSA) is 83.4 Å². The minimum Gasteiger partial charge on any atom is -0.459 e. The molecule has 4 rings (SSSR count). The molecule has 0 spiro atoms. The molecule has 29 heavy (non-hydrogen) atoms. The van der Waals surface area contributed by atoms with Crippen LogP contribution < -0.4 is 16.0 Å². The zero-order valence-corrected chi connectivity index (χ0v) is 15.5. The molecule has 0 saturated carbocycles. The highest BCUT2D eigenvalue weighted by Crippen LogP contribution is 2.32. The van der Waals surface area contributed by atoms with Gasteiger partial charge in [0.1, 0.15) is 23.4 Å². The summed E-state index contributed by atoms with van der Waals surface area (Å²) in [7, 11) is 0. The van der Waals surface area contributed by atoms with E-state index in [1.807, 2.05) is 18.2 Å². The molecule has 0 radical (unpaired) electrons. The monoisotopic (exact) mass is 391 g/mol. The summed E-state index contributed by atoms with van der Waals surface area (Å²) in [6, 6.07) is 17.1. The van der Waals surface area contributed by atoms with Crippen LogP contribution in [0.15, 0.2) is 82.4 Å². The van der Waals surface area contributed by atoms with Gasteiger partial charge < -0.3 is 20.4 Å². The first-order chi connectivity index (χ1) is 14.0. The molecule has 1 aliphatic rings. The summed E-state index contributed by atoms with van der Waals surface area (Å²) in [4.78, 5) is 25.0. The van der Waals surface area contributed by atoms with Gasteiger partial charge in [0.2, 0.25) is 0 Å². The maximum absolute atomic E-state index is 13.2. The normalized spacial score (nSPS) is 16.2. The second kappa shape index (κ2) is 7.63. The molecule has 146 valence electrons. The van der Waals surface area contributed by atoms with E-state index in [0.717, 1.165) is 0 Å². The summed E-state index contributed by atoms with van der Waals surface area (Å²) in [6.45, 7) is 1.66. The SMILES string of the molecule is CC1=C(C(=O)Nc2ccccc2)C(c2ccc(-c3ccc(F)cc3)o2)NC(=O)N1. The fourth-order valence-electron chi connectivity index (χ4n) is 3.21. The highest BCUT2D eigenvalue weighted by atomic mass is 19.1. The Kier molecular flexibility index (Phi) is 4.87. The molecule has 6 nitrogen and oxygen atoms in total. The summed E-state index contributed by atoms with van der Waals surface area (Å²) >= 11 is 0. The van der Waals surface area contributed by atoms with Gasteiger partial charge in [-0.2, -0.15) is 0 Å². The Morgan fingerprint density at radius 3 is 2.48 bits per heavy atom. The molecule has 1 aromatic heterocycles. The minimum atomic E-state index is -0.762. The second-order valence-electron chi connectivity index (χ2n) is 6.60. The summed E-state index contributed by atoms with van der Waals surface area (Å²) in [5, 5.41) is 8.19. The van der Waals surface area contributed by atoms with Gasteiger partial charge in [-0.3, -0.25) is 4.79 Å². The summed E-state index contributed by atoms with van der Waals surface area (Å²) < 4.78 is 19.1. The first kappa shape index (κ1) is 18.5. The zero-order valence-electron chi connectivity index (χ0n) is 15.5. The van der Waals surface area contributed by atoms with Crippen molar-refractivity contribution in [1.82, 2.24) is 10.6 Å². The second-order valence-corrected chi connectivity index (χ2v) is 6.60. The van der Waals surface area contributed by atoms with Gasteiger partial charge in [-0.1, -0.05) is 18.2 Å². The maximum atomic E-state index is 13.2. The molecule has 0 bridgehead atoms. The van der Waals surface area contributed by atoms with Crippen LogP contribution in [0.2, 0.25) is 0 Å². The quantitative estimate of drug-likeness (QED) is 0.618. The molecule has 1 aliphatic heterocycles. The van der Waals surface area contributed by atoms with Crippen LogP contribution in [0.4, 0.5) is 14.9 Å². The Morgan fingerprint density at radius 2 is 1.76 bits per heavy atom. The van der Waals surface area contributed by atoms with Crippen LogP contribution in [0, 0.1) is 5.82 Å². The molecular formula is C22H18FN3O3. The van der Waals surface area contributed by atoms with Crippen molar-refractivity contribution in [2.24, 2.45) is 0 Å². The van der Waals surface area contributed by atoms with Gasteiger partial charge in [-0.05, 0) is 55.5 Å². The van der Waals surface area contributed by atoms with Crippen molar-refractivity contribution in [3.8, 4) is 11.3 Å². The summed E-state index contributed by atoms with van der Waals surface area (Å²) in [5.74, 6) is 0.209. The lowest BCUT2D eigenvalue weighted by Gasteiger charge is -2.27. The molecule has 0 saturated heterocycles. The van der Waals surface area contributed by atoms with E-state index in [9.17, 15) is 14.0 Å². The average molecular weight is 391 g/mol. The van der Waals surface area contributed by atoms with Crippen LogP contribution >= 0.6 is 0 Å². The molecule has 3 amide bonds. The third-order valence-electron chi connectivity index (χ3n) is 4.59. The van der Waals surface area contributed by atoms with E-state index in [2.05, 4.69) is 16.0 Å². The van der Waals surface area contributed by atoms with Crippen LogP contribution in [-0.4, -0.2) is 11.9 Å². The van der Waals surface area contributed by atoms with E-state index < -0.39 is 12.1 Å². The number of carbonyl (C=O) groups excluding carboxylic acids is 2. The molecule has 0 fully saturated rings. The summed E-state index contributed by atoms with van der Waals surface area (Å²) in [6.07, 6.45) is 0. The van der Waals surface area contributed by atoms with Crippen LogP contribution in [0.1, 0.15) is 18.7 Å². The average Bonchev–Trinajstić information content (AvgIpc) is 3.18. The number of urea groups is 1. The predicted octanol–water partition coefficient (Wildman–Crippen LogP) is 4.35. The Hall–Kier alpha value is -3.87. The molecule has 1 unspecified atom stereocenters. The van der Waals surface area contributed by atoms with E-state index in [1.54, 1.807) is 43.3 Å². The molecule has 0 aliphatic carbocycles. The fraction of sp³-hybridized carbons (Fsp3) is 0.0909. The number of benzene rings is 2. The van der Waals surface area contributed by atoms with Crippen molar-refractivity contribution in [2.75, 3.05) is 5.32 Å². The van der Waals surface area contributed by atoms with Gasteiger partial charge >= 0.3 is 6.03 Å². The predicted molar refractivity (Wildman–Crippen MR) is 106 cm³/mol. The van der Waals surface area contributed by atoms with E-state index >= 15 is 0 Å². The van der Waals surface area contributed by atoms with Crippen LogP contribution in [0.5, 0.6) is 0 Å². The standard InChI is InChI=1S/C22H18FN3O3/c1-13-19(21(27)25-16-5-3-2-4-6-16)20(26-22(28)24-13)18-12-11-17(29-18)14-7-9-15(23)10-8-14/h2-12,20H,1H3,(H,25,27)(H2,24,26,28). The van der Waals surface area contributed by atoms with Crippen LogP contribution in [0.3, 0.4) is 0 Å². The first-order valence-corrected chi connectivity index (χ1v) is 9.01. The maximum Gasteiger partial charge on any atom is 0.319 e. The van der Waals surface area contributed by atoms with Crippen molar-refractivity contribution < 1.29 is 18.4 Å². The highest BCUT2D eigenvalue weighted by Gasteiger charge is 2.33. The van der Waals surface area contributed by atoms with Crippen molar-refractivity contribution in [1.29, 1.82) is 0 Å². The van der Waals surface area contributed by atoms with Gasteiger partial charge in [0.15, 0.2) is 0 Å². The number of hydrogen-bond donors (Lipinski definition) is 3. The lowest BCUT2D eigenvalue weighted by molar-refractivity contribution is -0.113. The van der Waals surface area contributed by atoms with Crippen molar-refractivity contribution in [3.63, 3.8) is 0 Å². The van der Waals surface area contributed by atoms with Gasteiger partial charge in [0, 0.05) is 16.9 Å². The fourth-order valence-corrected chi connectivity index (χ4v) is 3.21. The van der Waals surface area contributed by atoms with Gasteiger partial charge in [0.05, 0.1) is 5.57 Å². The first-order valence-electron chi connectivity index (χ1n) is 9.01. The number of allylic oxidation sites excluding steroid dienone is 1.